The number of carbonyl (C=O) groups is 1. The zero-order chi connectivity index (χ0) is 37.0. The number of aliphatic hydroxyl groups is 5. The molecule has 1 rings (SSSR count). The van der Waals surface area contributed by atoms with E-state index in [1.165, 1.54) is 70.6 Å². The molecule has 0 aromatic heterocycles. The lowest BCUT2D eigenvalue weighted by atomic mass is 9.85. The summed E-state index contributed by atoms with van der Waals surface area (Å²) in [6, 6.07) is 0. The van der Waals surface area contributed by atoms with Gasteiger partial charge in [-0.25, -0.2) is 4.57 Å². The smallest absolute Gasteiger partial charge is 0.457 e. The van der Waals surface area contributed by atoms with Crippen LogP contribution in [-0.2, 0) is 27.9 Å². The van der Waals surface area contributed by atoms with E-state index in [0.29, 0.717) is 13.0 Å². The van der Waals surface area contributed by atoms with Gasteiger partial charge in [0, 0.05) is 13.0 Å². The van der Waals surface area contributed by atoms with Crippen LogP contribution in [0.1, 0.15) is 155 Å². The van der Waals surface area contributed by atoms with Gasteiger partial charge in [0.2, 0.25) is 0 Å². The molecule has 0 heterocycles. The van der Waals surface area contributed by atoms with Gasteiger partial charge in [-0.2, -0.15) is 0 Å². The molecule has 1 saturated carbocycles. The van der Waals surface area contributed by atoms with E-state index in [9.17, 15) is 39.8 Å². The first-order chi connectivity index (χ1) is 24.0. The summed E-state index contributed by atoms with van der Waals surface area (Å²) in [7, 11) is -5.00. The van der Waals surface area contributed by atoms with Crippen molar-refractivity contribution in [3.63, 3.8) is 0 Å². The van der Waals surface area contributed by atoms with E-state index in [2.05, 4.69) is 26.0 Å². The molecule has 50 heavy (non-hydrogen) atoms. The minimum Gasteiger partial charge on any atom is -0.457 e. The highest BCUT2D eigenvalue weighted by atomic mass is 31.2. The molecule has 296 valence electrons. The van der Waals surface area contributed by atoms with Crippen molar-refractivity contribution in [2.24, 2.45) is 0 Å². The van der Waals surface area contributed by atoms with E-state index in [0.717, 1.165) is 57.8 Å². The van der Waals surface area contributed by atoms with Crippen molar-refractivity contribution < 1.29 is 58.3 Å². The van der Waals surface area contributed by atoms with Crippen LogP contribution in [0.2, 0.25) is 0 Å². The van der Waals surface area contributed by atoms with Crippen LogP contribution >= 0.6 is 7.82 Å². The molecule has 0 aliphatic heterocycles. The Kier molecular flexibility index (Phi) is 27.8. The third-order valence-electron chi connectivity index (χ3n) is 9.12. The van der Waals surface area contributed by atoms with Crippen molar-refractivity contribution in [1.29, 1.82) is 0 Å². The molecule has 1 fully saturated rings. The van der Waals surface area contributed by atoms with Crippen LogP contribution in [0.25, 0.3) is 0 Å². The number of allylic oxidation sites excluding steroid dienone is 2. The predicted octanol–water partition coefficient (Wildman–Crippen LogP) is 6.41. The van der Waals surface area contributed by atoms with E-state index in [-0.39, 0.29) is 13.0 Å². The van der Waals surface area contributed by atoms with E-state index in [1.807, 2.05) is 0 Å². The summed E-state index contributed by atoms with van der Waals surface area (Å²) in [6.45, 7) is 4.16. The number of ether oxygens (including phenoxy) is 2. The van der Waals surface area contributed by atoms with Gasteiger partial charge in [-0.05, 0) is 32.1 Å². The molecule has 0 saturated heterocycles. The fourth-order valence-corrected chi connectivity index (χ4v) is 6.92. The fourth-order valence-electron chi connectivity index (χ4n) is 5.94. The SMILES string of the molecule is CCC/C=C\CCCCCCCCOCC(COP(=O)(O)OC1C(O)C(O)C(O)C(O)C1O)OC(=O)CCCCCCCCCCCCCC. The molecule has 0 spiro atoms. The van der Waals surface area contributed by atoms with E-state index >= 15 is 0 Å². The van der Waals surface area contributed by atoms with E-state index in [1.54, 1.807) is 0 Å². The maximum Gasteiger partial charge on any atom is 0.472 e. The highest BCUT2D eigenvalue weighted by Gasteiger charge is 2.51. The molecular weight excluding hydrogens is 667 g/mol. The first kappa shape index (κ1) is 47.1. The Labute approximate surface area is 301 Å². The molecule has 13 heteroatoms. The van der Waals surface area contributed by atoms with Gasteiger partial charge >= 0.3 is 13.8 Å². The first-order valence-corrected chi connectivity index (χ1v) is 21.0. The van der Waals surface area contributed by atoms with Gasteiger partial charge in [0.1, 0.15) is 42.7 Å². The Bertz CT molecular complexity index is 890. The van der Waals surface area contributed by atoms with Crippen molar-refractivity contribution >= 4 is 13.8 Å². The van der Waals surface area contributed by atoms with Crippen LogP contribution in [0.4, 0.5) is 0 Å². The van der Waals surface area contributed by atoms with Crippen molar-refractivity contribution in [3.8, 4) is 0 Å². The molecule has 1 aliphatic carbocycles. The molecule has 0 amide bonds. The number of rotatable bonds is 32. The third-order valence-corrected chi connectivity index (χ3v) is 10.1. The summed E-state index contributed by atoms with van der Waals surface area (Å²) in [6.07, 6.45) is 15.8. The molecule has 6 unspecified atom stereocenters. The van der Waals surface area contributed by atoms with Crippen molar-refractivity contribution in [3.05, 3.63) is 12.2 Å². The summed E-state index contributed by atoms with van der Waals surface area (Å²) in [5, 5.41) is 49.9. The molecular formula is C37H71O12P. The van der Waals surface area contributed by atoms with Crippen LogP contribution in [0.15, 0.2) is 12.2 Å². The van der Waals surface area contributed by atoms with Gasteiger partial charge in [0.25, 0.3) is 0 Å². The number of phosphoric ester groups is 1. The number of aliphatic hydroxyl groups excluding tert-OH is 5. The lowest BCUT2D eigenvalue weighted by Gasteiger charge is -2.41. The number of esters is 1. The number of unbranched alkanes of at least 4 members (excludes halogenated alkanes) is 18. The summed E-state index contributed by atoms with van der Waals surface area (Å²) >= 11 is 0. The predicted molar refractivity (Wildman–Crippen MR) is 193 cm³/mol. The second-order valence-corrected chi connectivity index (χ2v) is 15.2. The zero-order valence-electron chi connectivity index (χ0n) is 31.0. The third kappa shape index (κ3) is 22.2. The average molecular weight is 739 g/mol. The minimum absolute atomic E-state index is 0.0768. The number of carbonyl (C=O) groups excluding carboxylic acids is 1. The second kappa shape index (κ2) is 29.5. The molecule has 0 bridgehead atoms. The average Bonchev–Trinajstić information content (AvgIpc) is 3.09. The van der Waals surface area contributed by atoms with Crippen LogP contribution in [0, 0.1) is 0 Å². The van der Waals surface area contributed by atoms with Gasteiger partial charge in [0.15, 0.2) is 0 Å². The van der Waals surface area contributed by atoms with Crippen LogP contribution < -0.4 is 0 Å². The molecule has 0 aromatic carbocycles. The van der Waals surface area contributed by atoms with Gasteiger partial charge in [-0.15, -0.1) is 0 Å². The standard InChI is InChI=1S/C37H71O12P/c1-3-5-7-9-11-13-15-16-18-20-22-24-26-31(38)48-30(28-46-27-25-23-21-19-17-14-12-10-8-6-4-2)29-47-50(44,45)49-37-35(42)33(40)32(39)34(41)36(37)43/h8,10,30,32-37,39-43H,3-7,9,11-29H2,1-2H3,(H,44,45)/b10-8-. The van der Waals surface area contributed by atoms with Crippen molar-refractivity contribution in [2.45, 2.75) is 198 Å². The Balaban J connectivity index is 2.48. The highest BCUT2D eigenvalue weighted by Crippen LogP contribution is 2.47. The van der Waals surface area contributed by atoms with Gasteiger partial charge in [-0.3, -0.25) is 13.8 Å². The monoisotopic (exact) mass is 738 g/mol. The zero-order valence-corrected chi connectivity index (χ0v) is 31.8. The maximum absolute atomic E-state index is 12.7. The molecule has 0 aromatic rings. The van der Waals surface area contributed by atoms with E-state index in [4.69, 9.17) is 18.5 Å². The summed E-state index contributed by atoms with van der Waals surface area (Å²) in [4.78, 5) is 23.0. The molecule has 6 atom stereocenters. The first-order valence-electron chi connectivity index (χ1n) is 19.5. The minimum atomic E-state index is -5.00. The van der Waals surface area contributed by atoms with Crippen LogP contribution in [0.3, 0.4) is 0 Å². The summed E-state index contributed by atoms with van der Waals surface area (Å²) in [5.41, 5.74) is 0. The number of hydrogen-bond donors (Lipinski definition) is 6. The van der Waals surface area contributed by atoms with Crippen molar-refractivity contribution in [1.82, 2.24) is 0 Å². The summed E-state index contributed by atoms with van der Waals surface area (Å²) in [5.74, 6) is -0.481. The quantitative estimate of drug-likeness (QED) is 0.0193. The van der Waals surface area contributed by atoms with E-state index < -0.39 is 63.1 Å². The Morgan fingerprint density at radius 1 is 0.620 bits per heavy atom. The van der Waals surface area contributed by atoms with Gasteiger partial charge in [0.05, 0.1) is 13.2 Å². The Hall–Kier alpha value is -0.920. The van der Waals surface area contributed by atoms with Gasteiger partial charge < -0.3 is 39.9 Å². The lowest BCUT2D eigenvalue weighted by Crippen LogP contribution is -2.64. The van der Waals surface area contributed by atoms with Crippen LogP contribution in [-0.4, -0.2) is 98.9 Å². The summed E-state index contributed by atoms with van der Waals surface area (Å²) < 4.78 is 33.9. The van der Waals surface area contributed by atoms with Crippen molar-refractivity contribution in [2.75, 3.05) is 19.8 Å². The molecule has 0 radical (unpaired) electrons. The largest absolute Gasteiger partial charge is 0.472 e. The topological polar surface area (TPSA) is 192 Å². The highest BCUT2D eigenvalue weighted by molar-refractivity contribution is 7.47. The number of hydrogen-bond acceptors (Lipinski definition) is 11. The van der Waals surface area contributed by atoms with Crippen LogP contribution in [0.5, 0.6) is 0 Å². The fraction of sp³-hybridized carbons (Fsp3) is 0.919. The number of phosphoric acid groups is 1. The molecule has 6 N–H and O–H groups in total. The van der Waals surface area contributed by atoms with Gasteiger partial charge in [-0.1, -0.05) is 129 Å². The Morgan fingerprint density at radius 3 is 1.66 bits per heavy atom. The Morgan fingerprint density at radius 2 is 1.10 bits per heavy atom. The normalized spacial score (nSPS) is 24.4. The maximum atomic E-state index is 12.7. The lowest BCUT2D eigenvalue weighted by molar-refractivity contribution is -0.220. The second-order valence-electron chi connectivity index (χ2n) is 13.8. The molecule has 1 aliphatic rings. The molecule has 12 nitrogen and oxygen atoms in total.